The lowest BCUT2D eigenvalue weighted by Crippen LogP contribution is -2.00. The van der Waals surface area contributed by atoms with Crippen LogP contribution in [0.1, 0.15) is 68.2 Å². The van der Waals surface area contributed by atoms with Gasteiger partial charge in [0.25, 0.3) is 0 Å². The van der Waals surface area contributed by atoms with Crippen LogP contribution in [0.15, 0.2) is 42.5 Å². The number of aryl methyl sites for hydroxylation is 2. The predicted octanol–water partition coefficient (Wildman–Crippen LogP) is 7.30. The molecule has 0 saturated heterocycles. The highest BCUT2D eigenvalue weighted by Gasteiger charge is 2.10. The Balaban J connectivity index is 1.89. The molecule has 2 rings (SSSR count). The second-order valence-corrected chi connectivity index (χ2v) is 6.93. The van der Waals surface area contributed by atoms with Crippen LogP contribution >= 0.6 is 0 Å². The Hall–Kier alpha value is -1.96. The summed E-state index contributed by atoms with van der Waals surface area (Å²) in [6.07, 6.45) is 11.9. The molecule has 0 N–H and O–H groups in total. The van der Waals surface area contributed by atoms with Crippen molar-refractivity contribution in [1.29, 1.82) is 0 Å². The molecule has 0 atom stereocenters. The fourth-order valence-corrected chi connectivity index (χ4v) is 3.10. The van der Waals surface area contributed by atoms with Crippen molar-refractivity contribution in [2.24, 2.45) is 0 Å². The van der Waals surface area contributed by atoms with Crippen LogP contribution in [0, 0.1) is 11.6 Å². The summed E-state index contributed by atoms with van der Waals surface area (Å²) in [5.41, 5.74) is 3.32. The highest BCUT2D eigenvalue weighted by atomic mass is 19.1. The van der Waals surface area contributed by atoms with Crippen molar-refractivity contribution in [1.82, 2.24) is 0 Å². The Morgan fingerprint density at radius 2 is 1.42 bits per heavy atom. The molecule has 0 unspecified atom stereocenters. The van der Waals surface area contributed by atoms with Gasteiger partial charge >= 0.3 is 0 Å². The molecule has 0 aromatic heterocycles. The van der Waals surface area contributed by atoms with Crippen molar-refractivity contribution in [3.63, 3.8) is 0 Å². The largest absolute Gasteiger partial charge is 0.207 e. The average molecular weight is 357 g/mol. The molecule has 0 fully saturated rings. The number of hydrogen-bond donors (Lipinski definition) is 0. The van der Waals surface area contributed by atoms with E-state index >= 15 is 0 Å². The Bertz CT molecular complexity index is 676. The molecule has 0 radical (unpaired) electrons. The highest BCUT2D eigenvalue weighted by Crippen LogP contribution is 2.19. The molecule has 26 heavy (non-hydrogen) atoms. The molecule has 0 saturated carbocycles. The maximum atomic E-state index is 14.0. The minimum atomic E-state index is -0.412. The molecule has 0 bridgehead atoms. The summed E-state index contributed by atoms with van der Waals surface area (Å²) in [7, 11) is 0. The molecule has 2 heteroatoms. The third-order valence-electron chi connectivity index (χ3n) is 4.67. The average Bonchev–Trinajstić information content (AvgIpc) is 2.64. The minimum Gasteiger partial charge on any atom is -0.207 e. The monoisotopic (exact) mass is 356 g/mol. The van der Waals surface area contributed by atoms with E-state index in [1.54, 1.807) is 0 Å². The predicted molar refractivity (Wildman–Crippen MR) is 107 cm³/mol. The van der Waals surface area contributed by atoms with Gasteiger partial charge in [-0.3, -0.25) is 0 Å². The number of rotatable bonds is 10. The zero-order valence-electron chi connectivity index (χ0n) is 16.0. The fourth-order valence-electron chi connectivity index (χ4n) is 3.10. The molecular weight excluding hydrogens is 326 g/mol. The molecule has 0 nitrogen and oxygen atoms in total. The van der Waals surface area contributed by atoms with E-state index in [0.29, 0.717) is 12.8 Å². The second-order valence-electron chi connectivity index (χ2n) is 6.93. The van der Waals surface area contributed by atoms with Crippen molar-refractivity contribution in [2.45, 2.75) is 65.2 Å². The van der Waals surface area contributed by atoms with Crippen molar-refractivity contribution >= 4 is 6.08 Å². The molecule has 0 heterocycles. The van der Waals surface area contributed by atoms with Crippen molar-refractivity contribution in [2.75, 3.05) is 0 Å². The lowest BCUT2D eigenvalue weighted by molar-refractivity contribution is 0.549. The van der Waals surface area contributed by atoms with Crippen molar-refractivity contribution in [3.8, 4) is 0 Å². The fraction of sp³-hybridized carbons (Fsp3) is 0.417. The second kappa shape index (κ2) is 10.9. The zero-order valence-corrected chi connectivity index (χ0v) is 16.0. The SMILES string of the molecule is CCCCCC=Cc1ccc(CCc2cc(F)c(CCC)c(F)c2)cc1. The molecule has 2 aromatic rings. The Morgan fingerprint density at radius 1 is 0.769 bits per heavy atom. The van der Waals surface area contributed by atoms with Gasteiger partial charge in [0.2, 0.25) is 0 Å². The third kappa shape index (κ3) is 6.40. The van der Waals surface area contributed by atoms with Crippen molar-refractivity contribution < 1.29 is 8.78 Å². The Kier molecular flexibility index (Phi) is 8.53. The van der Waals surface area contributed by atoms with Crippen LogP contribution in [0.5, 0.6) is 0 Å². The first-order valence-electron chi connectivity index (χ1n) is 9.86. The zero-order chi connectivity index (χ0) is 18.8. The molecule has 0 aliphatic carbocycles. The number of hydrogen-bond acceptors (Lipinski definition) is 0. The van der Waals surface area contributed by atoms with E-state index in [-0.39, 0.29) is 5.56 Å². The molecule has 0 aliphatic heterocycles. The number of unbranched alkanes of at least 4 members (excludes halogenated alkanes) is 3. The van der Waals surface area contributed by atoms with E-state index in [9.17, 15) is 8.78 Å². The lowest BCUT2D eigenvalue weighted by Gasteiger charge is -2.08. The van der Waals surface area contributed by atoms with Crippen LogP contribution in [-0.2, 0) is 19.3 Å². The summed E-state index contributed by atoms with van der Waals surface area (Å²) in [5, 5.41) is 0. The first-order chi connectivity index (χ1) is 12.6. The van der Waals surface area contributed by atoms with Crippen LogP contribution in [0.3, 0.4) is 0 Å². The van der Waals surface area contributed by atoms with E-state index in [1.807, 2.05) is 6.92 Å². The van der Waals surface area contributed by atoms with Crippen molar-refractivity contribution in [3.05, 3.63) is 76.4 Å². The van der Waals surface area contributed by atoms with Crippen LogP contribution < -0.4 is 0 Å². The van der Waals surface area contributed by atoms with Crippen LogP contribution in [0.4, 0.5) is 8.78 Å². The molecule has 0 amide bonds. The molecular formula is C24H30F2. The van der Waals surface area contributed by atoms with Gasteiger partial charge < -0.3 is 0 Å². The summed E-state index contributed by atoms with van der Waals surface area (Å²) < 4.78 is 28.0. The van der Waals surface area contributed by atoms with E-state index in [4.69, 9.17) is 0 Å². The molecule has 2 aromatic carbocycles. The normalized spacial score (nSPS) is 11.4. The number of allylic oxidation sites excluding steroid dienone is 1. The van der Waals surface area contributed by atoms with Gasteiger partial charge in [-0.2, -0.15) is 0 Å². The van der Waals surface area contributed by atoms with Crippen LogP contribution in [0.2, 0.25) is 0 Å². The molecule has 0 spiro atoms. The summed E-state index contributed by atoms with van der Waals surface area (Å²) in [6, 6.07) is 11.4. The maximum absolute atomic E-state index is 14.0. The summed E-state index contributed by atoms with van der Waals surface area (Å²) in [5.74, 6) is -0.823. The first kappa shape index (κ1) is 20.4. The van der Waals surface area contributed by atoms with E-state index in [2.05, 4.69) is 43.3 Å². The maximum Gasteiger partial charge on any atom is 0.129 e. The smallest absolute Gasteiger partial charge is 0.129 e. The van der Waals surface area contributed by atoms with Gasteiger partial charge in [0.1, 0.15) is 11.6 Å². The van der Waals surface area contributed by atoms with Gasteiger partial charge in [0.05, 0.1) is 0 Å². The van der Waals surface area contributed by atoms with E-state index < -0.39 is 11.6 Å². The third-order valence-corrected chi connectivity index (χ3v) is 4.67. The first-order valence-corrected chi connectivity index (χ1v) is 9.86. The van der Waals surface area contributed by atoms with E-state index in [1.165, 1.54) is 42.5 Å². The summed E-state index contributed by atoms with van der Waals surface area (Å²) >= 11 is 0. The van der Waals surface area contributed by atoms with Gasteiger partial charge in [-0.1, -0.05) is 69.5 Å². The topological polar surface area (TPSA) is 0 Å². The highest BCUT2D eigenvalue weighted by molar-refractivity contribution is 5.49. The number of halogens is 2. The standard InChI is InChI=1S/C24H30F2/c1-3-5-6-7-8-10-19-11-13-20(14-12-19)15-16-21-17-23(25)22(9-4-2)24(26)18-21/h8,10-14,17-18H,3-7,9,15-16H2,1-2H3. The van der Waals surface area contributed by atoms with Gasteiger partial charge in [0, 0.05) is 5.56 Å². The van der Waals surface area contributed by atoms with Gasteiger partial charge in [0.15, 0.2) is 0 Å². The van der Waals surface area contributed by atoms with Gasteiger partial charge in [-0.05, 0) is 60.9 Å². The summed E-state index contributed by atoms with van der Waals surface area (Å²) in [4.78, 5) is 0. The van der Waals surface area contributed by atoms with Gasteiger partial charge in [-0.25, -0.2) is 8.78 Å². The lowest BCUT2D eigenvalue weighted by atomic mass is 10.00. The van der Waals surface area contributed by atoms with Crippen LogP contribution in [-0.4, -0.2) is 0 Å². The minimum absolute atomic E-state index is 0.214. The quantitative estimate of drug-likeness (QED) is 0.392. The Labute approximate surface area is 157 Å². The van der Waals surface area contributed by atoms with Crippen LogP contribution in [0.25, 0.3) is 6.08 Å². The van der Waals surface area contributed by atoms with E-state index in [0.717, 1.165) is 24.8 Å². The Morgan fingerprint density at radius 3 is 2.04 bits per heavy atom. The molecule has 140 valence electrons. The van der Waals surface area contributed by atoms with Gasteiger partial charge in [-0.15, -0.1) is 0 Å². The molecule has 0 aliphatic rings. The summed E-state index contributed by atoms with van der Waals surface area (Å²) in [6.45, 7) is 4.14. The number of benzene rings is 2.